The lowest BCUT2D eigenvalue weighted by molar-refractivity contribution is 0.751. The molecule has 0 saturated heterocycles. The average Bonchev–Trinajstić information content (AvgIpc) is 3.55. The first-order valence-corrected chi connectivity index (χ1v) is 15.8. The van der Waals surface area contributed by atoms with Gasteiger partial charge in [0.05, 0.1) is 16.4 Å². The van der Waals surface area contributed by atoms with E-state index in [4.69, 9.17) is 0 Å². The second-order valence-corrected chi connectivity index (χ2v) is 12.6. The number of aromatic nitrogens is 1. The van der Waals surface area contributed by atoms with Crippen molar-refractivity contribution in [3.8, 4) is 16.8 Å². The molecule has 7 aromatic rings. The lowest BCUT2D eigenvalue weighted by Crippen LogP contribution is -2.29. The summed E-state index contributed by atoms with van der Waals surface area (Å²) < 4.78 is 3.55. The van der Waals surface area contributed by atoms with Gasteiger partial charge in [-0.25, -0.2) is 0 Å². The van der Waals surface area contributed by atoms with E-state index >= 15 is 0 Å². The molecule has 0 spiro atoms. The summed E-state index contributed by atoms with van der Waals surface area (Å²) >= 11 is 3.79. The van der Waals surface area contributed by atoms with E-state index in [2.05, 4.69) is 166 Å². The Morgan fingerprint density at radius 1 is 0.605 bits per heavy atom. The predicted octanol–water partition coefficient (Wildman–Crippen LogP) is 11.3. The molecule has 2 aliphatic rings. The molecule has 204 valence electrons. The third kappa shape index (κ3) is 3.45. The third-order valence-corrected chi connectivity index (χ3v) is 10.0. The average molecular weight is 615 g/mol. The fourth-order valence-electron chi connectivity index (χ4n) is 7.81. The molecule has 0 radical (unpaired) electrons. The highest BCUT2D eigenvalue weighted by atomic mass is 79.9. The quantitative estimate of drug-likeness (QED) is 0.187. The number of benzene rings is 6. The standard InChI is InChI=1S/C41H28BrN/c42-30-20-22-35-39(25-30)43(38-24-19-27-11-7-8-16-32(27)40(35)38)31-21-23-34-33-17-9-10-18-36(33)41(37(34)26-31,28-12-3-1-4-13-28)29-14-5-2-6-15-29/h1,3-5,7-26H,2,6H2. The van der Waals surface area contributed by atoms with Gasteiger partial charge in [0.2, 0.25) is 0 Å². The first-order chi connectivity index (χ1) is 21.2. The van der Waals surface area contributed by atoms with Crippen LogP contribution >= 0.6 is 15.9 Å². The van der Waals surface area contributed by atoms with Gasteiger partial charge >= 0.3 is 0 Å². The summed E-state index contributed by atoms with van der Waals surface area (Å²) in [6.45, 7) is 0. The smallest absolute Gasteiger partial charge is 0.0711 e. The van der Waals surface area contributed by atoms with E-state index in [1.54, 1.807) is 0 Å². The largest absolute Gasteiger partial charge is 0.309 e. The summed E-state index contributed by atoms with van der Waals surface area (Å²) in [4.78, 5) is 0. The zero-order chi connectivity index (χ0) is 28.5. The Labute approximate surface area is 259 Å². The summed E-state index contributed by atoms with van der Waals surface area (Å²) in [7, 11) is 0. The molecule has 0 amide bonds. The Bertz CT molecular complexity index is 2300. The van der Waals surface area contributed by atoms with Crippen molar-refractivity contribution in [3.63, 3.8) is 0 Å². The van der Waals surface area contributed by atoms with Crippen molar-refractivity contribution in [2.75, 3.05) is 0 Å². The van der Waals surface area contributed by atoms with E-state index in [0.29, 0.717) is 0 Å². The molecule has 1 unspecified atom stereocenters. The van der Waals surface area contributed by atoms with Crippen LogP contribution in [0.4, 0.5) is 0 Å². The Morgan fingerprint density at radius 3 is 2.30 bits per heavy atom. The summed E-state index contributed by atoms with van der Waals surface area (Å²) in [5.41, 5.74) is 11.3. The van der Waals surface area contributed by atoms with Gasteiger partial charge in [-0.15, -0.1) is 0 Å². The van der Waals surface area contributed by atoms with Crippen LogP contribution in [-0.2, 0) is 5.41 Å². The van der Waals surface area contributed by atoms with Gasteiger partial charge in [-0.2, -0.15) is 0 Å². The van der Waals surface area contributed by atoms with E-state index in [1.165, 1.54) is 71.7 Å². The van der Waals surface area contributed by atoms with Crippen LogP contribution in [-0.4, -0.2) is 4.57 Å². The minimum atomic E-state index is -0.383. The summed E-state index contributed by atoms with van der Waals surface area (Å²) in [6, 6.07) is 47.3. The number of hydrogen-bond acceptors (Lipinski definition) is 0. The fraction of sp³-hybridized carbons (Fsp3) is 0.0732. The highest BCUT2D eigenvalue weighted by molar-refractivity contribution is 9.10. The zero-order valence-corrected chi connectivity index (χ0v) is 25.2. The molecule has 0 bridgehead atoms. The molecule has 0 N–H and O–H groups in total. The number of halogens is 1. The molecular formula is C41H28BrN. The highest BCUT2D eigenvalue weighted by Crippen LogP contribution is 2.57. The molecular weight excluding hydrogens is 586 g/mol. The third-order valence-electron chi connectivity index (χ3n) is 9.54. The molecule has 0 saturated carbocycles. The monoisotopic (exact) mass is 613 g/mol. The molecule has 0 fully saturated rings. The maximum Gasteiger partial charge on any atom is 0.0711 e. The number of nitrogens with zero attached hydrogens (tertiary/aromatic N) is 1. The van der Waals surface area contributed by atoms with Gasteiger partial charge in [-0.3, -0.25) is 0 Å². The number of hydrogen-bond donors (Lipinski definition) is 0. The van der Waals surface area contributed by atoms with Crippen molar-refractivity contribution >= 4 is 48.5 Å². The molecule has 1 atom stereocenters. The molecule has 43 heavy (non-hydrogen) atoms. The van der Waals surface area contributed by atoms with Crippen molar-refractivity contribution < 1.29 is 0 Å². The highest BCUT2D eigenvalue weighted by Gasteiger charge is 2.47. The number of fused-ring (bicyclic) bond motifs is 8. The fourth-order valence-corrected chi connectivity index (χ4v) is 8.16. The molecule has 1 aromatic heterocycles. The number of rotatable bonds is 3. The Morgan fingerprint density at radius 2 is 1.42 bits per heavy atom. The predicted molar refractivity (Wildman–Crippen MR) is 184 cm³/mol. The second kappa shape index (κ2) is 9.42. The van der Waals surface area contributed by atoms with E-state index in [1.807, 2.05) is 0 Å². The molecule has 2 heteroatoms. The number of allylic oxidation sites excluding steroid dienone is 4. The van der Waals surface area contributed by atoms with Gasteiger partial charge in [0, 0.05) is 20.9 Å². The van der Waals surface area contributed by atoms with Crippen LogP contribution in [0.15, 0.2) is 156 Å². The van der Waals surface area contributed by atoms with Crippen LogP contribution in [0.1, 0.15) is 29.5 Å². The van der Waals surface area contributed by atoms with Crippen LogP contribution < -0.4 is 0 Å². The topological polar surface area (TPSA) is 4.93 Å². The van der Waals surface area contributed by atoms with Crippen LogP contribution in [0.25, 0.3) is 49.4 Å². The van der Waals surface area contributed by atoms with Gasteiger partial charge in [0.1, 0.15) is 0 Å². The molecule has 9 rings (SSSR count). The van der Waals surface area contributed by atoms with Gasteiger partial charge in [0.15, 0.2) is 0 Å². The van der Waals surface area contributed by atoms with Crippen molar-refractivity contribution in [2.45, 2.75) is 18.3 Å². The zero-order valence-electron chi connectivity index (χ0n) is 23.6. The minimum absolute atomic E-state index is 0.383. The van der Waals surface area contributed by atoms with Gasteiger partial charge in [-0.05, 0) is 87.3 Å². The first kappa shape index (κ1) is 24.9. The van der Waals surface area contributed by atoms with Crippen LogP contribution in [0, 0.1) is 0 Å². The van der Waals surface area contributed by atoms with Crippen LogP contribution in [0.3, 0.4) is 0 Å². The SMILES string of the molecule is Brc1ccc2c3c4ccccc4ccc3n(-c3ccc4c(c3)C(C3=CCCC=C3)(c3ccccc3)c3ccccc3-4)c2c1. The molecule has 1 nitrogen and oxygen atoms in total. The Hall–Kier alpha value is -4.66. The van der Waals surface area contributed by atoms with Crippen molar-refractivity contribution in [2.24, 2.45) is 0 Å². The van der Waals surface area contributed by atoms with E-state index < -0.39 is 0 Å². The van der Waals surface area contributed by atoms with E-state index in [0.717, 1.165) is 17.3 Å². The summed E-state index contributed by atoms with van der Waals surface area (Å²) in [6.07, 6.45) is 9.34. The van der Waals surface area contributed by atoms with Crippen LogP contribution in [0.5, 0.6) is 0 Å². The van der Waals surface area contributed by atoms with E-state index in [-0.39, 0.29) is 5.41 Å². The van der Waals surface area contributed by atoms with E-state index in [9.17, 15) is 0 Å². The van der Waals surface area contributed by atoms with Crippen molar-refractivity contribution in [1.29, 1.82) is 0 Å². The molecule has 1 heterocycles. The van der Waals surface area contributed by atoms with Crippen molar-refractivity contribution in [3.05, 3.63) is 172 Å². The lowest BCUT2D eigenvalue weighted by atomic mass is 9.66. The minimum Gasteiger partial charge on any atom is -0.309 e. The summed E-state index contributed by atoms with van der Waals surface area (Å²) in [5.74, 6) is 0. The second-order valence-electron chi connectivity index (χ2n) is 11.7. The first-order valence-electron chi connectivity index (χ1n) is 15.0. The summed E-state index contributed by atoms with van der Waals surface area (Å²) in [5, 5.41) is 5.12. The van der Waals surface area contributed by atoms with Gasteiger partial charge < -0.3 is 4.57 Å². The molecule has 2 aliphatic carbocycles. The van der Waals surface area contributed by atoms with Gasteiger partial charge in [-0.1, -0.05) is 131 Å². The Kier molecular flexibility index (Phi) is 5.46. The lowest BCUT2D eigenvalue weighted by Gasteiger charge is -2.36. The molecule has 6 aromatic carbocycles. The maximum absolute atomic E-state index is 3.79. The van der Waals surface area contributed by atoms with Crippen LogP contribution in [0.2, 0.25) is 0 Å². The van der Waals surface area contributed by atoms with Crippen molar-refractivity contribution in [1.82, 2.24) is 4.57 Å². The molecule has 0 aliphatic heterocycles. The normalized spacial score (nSPS) is 17.4. The Balaban J connectivity index is 1.41. The maximum atomic E-state index is 3.79. The van der Waals surface area contributed by atoms with Gasteiger partial charge in [0.25, 0.3) is 0 Å².